The van der Waals surface area contributed by atoms with Crippen LogP contribution in [0.15, 0.2) is 42.6 Å². The van der Waals surface area contributed by atoms with Gasteiger partial charge in [0.05, 0.1) is 5.92 Å². The Labute approximate surface area is 147 Å². The van der Waals surface area contributed by atoms with E-state index in [1.54, 1.807) is 6.20 Å². The summed E-state index contributed by atoms with van der Waals surface area (Å²) in [5.74, 6) is 1.86. The van der Waals surface area contributed by atoms with Crippen molar-refractivity contribution in [2.45, 2.75) is 25.3 Å². The van der Waals surface area contributed by atoms with E-state index in [1.807, 2.05) is 41.3 Å². The Hall–Kier alpha value is -2.63. The van der Waals surface area contributed by atoms with Crippen molar-refractivity contribution < 1.29 is 9.53 Å². The van der Waals surface area contributed by atoms with Gasteiger partial charge in [-0.05, 0) is 43.0 Å². The summed E-state index contributed by atoms with van der Waals surface area (Å²) in [6.45, 7) is 2.03. The number of carbonyl (C=O) groups is 1. The van der Waals surface area contributed by atoms with Crippen molar-refractivity contribution >= 4 is 11.7 Å². The van der Waals surface area contributed by atoms with Gasteiger partial charge in [0.1, 0.15) is 18.2 Å². The molecule has 130 valence electrons. The number of para-hydroxylation sites is 1. The summed E-state index contributed by atoms with van der Waals surface area (Å²) < 4.78 is 5.77. The first kappa shape index (κ1) is 15.9. The molecular formula is C19H22N4O2. The molecule has 1 aromatic carbocycles. The molecule has 1 atom stereocenters. The molecule has 0 bridgehead atoms. The number of aromatic nitrogens is 2. The molecular weight excluding hydrogens is 316 g/mol. The van der Waals surface area contributed by atoms with Crippen LogP contribution in [-0.2, 0) is 11.2 Å². The van der Waals surface area contributed by atoms with E-state index in [0.717, 1.165) is 49.5 Å². The fraction of sp³-hybridized carbons (Fsp3) is 0.421. The minimum atomic E-state index is -0.0700. The summed E-state index contributed by atoms with van der Waals surface area (Å²) in [7, 11) is 0. The zero-order valence-corrected chi connectivity index (χ0v) is 14.1. The van der Waals surface area contributed by atoms with E-state index in [4.69, 9.17) is 4.74 Å². The lowest BCUT2D eigenvalue weighted by atomic mass is 9.94. The number of nitrogens with zero attached hydrogens (tertiary/aromatic N) is 3. The van der Waals surface area contributed by atoms with Crippen LogP contribution >= 0.6 is 0 Å². The first-order chi connectivity index (χ1) is 12.3. The second-order valence-electron chi connectivity index (χ2n) is 6.67. The predicted octanol–water partition coefficient (Wildman–Crippen LogP) is 2.13. The molecule has 0 aliphatic carbocycles. The highest BCUT2D eigenvalue weighted by atomic mass is 16.5. The number of benzene rings is 1. The summed E-state index contributed by atoms with van der Waals surface area (Å²) in [5, 5.41) is 11.3. The van der Waals surface area contributed by atoms with Gasteiger partial charge in [-0.3, -0.25) is 4.79 Å². The number of amides is 1. The van der Waals surface area contributed by atoms with E-state index < -0.39 is 0 Å². The molecule has 0 saturated carbocycles. The van der Waals surface area contributed by atoms with Crippen molar-refractivity contribution in [3.05, 3.63) is 48.2 Å². The lowest BCUT2D eigenvalue weighted by molar-refractivity contribution is -0.137. The van der Waals surface area contributed by atoms with Gasteiger partial charge in [-0.15, -0.1) is 5.10 Å². The number of hydrogen-bond acceptors (Lipinski definition) is 5. The van der Waals surface area contributed by atoms with Crippen molar-refractivity contribution in [2.75, 3.05) is 25.0 Å². The highest BCUT2D eigenvalue weighted by Gasteiger charge is 2.31. The van der Waals surface area contributed by atoms with Crippen LogP contribution in [0.5, 0.6) is 5.75 Å². The molecule has 0 radical (unpaired) electrons. The summed E-state index contributed by atoms with van der Waals surface area (Å²) in [5.41, 5.74) is 1.13. The molecule has 1 fully saturated rings. The van der Waals surface area contributed by atoms with E-state index in [0.29, 0.717) is 12.6 Å². The number of likely N-dealkylation sites (tertiary alicyclic amines) is 1. The monoisotopic (exact) mass is 338 g/mol. The number of carbonyl (C=O) groups excluding carboxylic acids is 1. The number of hydrogen-bond donors (Lipinski definition) is 1. The normalized spacial score (nSPS) is 20.5. The summed E-state index contributed by atoms with van der Waals surface area (Å²) >= 11 is 0. The van der Waals surface area contributed by atoms with Gasteiger partial charge in [0.15, 0.2) is 0 Å². The van der Waals surface area contributed by atoms with Crippen LogP contribution in [0.3, 0.4) is 0 Å². The van der Waals surface area contributed by atoms with Gasteiger partial charge in [-0.2, -0.15) is 5.10 Å². The predicted molar refractivity (Wildman–Crippen MR) is 94.4 cm³/mol. The van der Waals surface area contributed by atoms with Crippen LogP contribution in [0.4, 0.5) is 5.82 Å². The van der Waals surface area contributed by atoms with Gasteiger partial charge in [0, 0.05) is 25.3 Å². The third-order valence-electron chi connectivity index (χ3n) is 4.96. The first-order valence-electron chi connectivity index (χ1n) is 8.83. The molecule has 3 heterocycles. The quantitative estimate of drug-likeness (QED) is 0.929. The van der Waals surface area contributed by atoms with Crippen molar-refractivity contribution in [2.24, 2.45) is 5.92 Å². The van der Waals surface area contributed by atoms with Gasteiger partial charge in [-0.1, -0.05) is 18.2 Å². The Balaban J connectivity index is 1.31. The average molecular weight is 338 g/mol. The third-order valence-corrected chi connectivity index (χ3v) is 4.96. The Bertz CT molecular complexity index is 729. The van der Waals surface area contributed by atoms with Crippen LogP contribution in [0.1, 0.15) is 18.4 Å². The van der Waals surface area contributed by atoms with Crippen molar-refractivity contribution in [1.29, 1.82) is 0 Å². The zero-order chi connectivity index (χ0) is 17.1. The molecule has 25 heavy (non-hydrogen) atoms. The standard InChI is InChI=1S/C19H22N4O2/c24-19(15-12-14-4-1-2-5-17(14)25-13-15)23-10-7-16(8-11-23)21-18-6-3-9-20-22-18/h1-6,9,15-16H,7-8,10-13H2,(H,21,22)/t15-/m0/s1. The van der Waals surface area contributed by atoms with Gasteiger partial charge >= 0.3 is 0 Å². The fourth-order valence-electron chi connectivity index (χ4n) is 3.58. The highest BCUT2D eigenvalue weighted by Crippen LogP contribution is 2.28. The van der Waals surface area contributed by atoms with Crippen LogP contribution < -0.4 is 10.1 Å². The number of fused-ring (bicyclic) bond motifs is 1. The van der Waals surface area contributed by atoms with E-state index in [-0.39, 0.29) is 11.8 Å². The maximum Gasteiger partial charge on any atom is 0.229 e. The molecule has 6 heteroatoms. The Kier molecular flexibility index (Phi) is 4.50. The second-order valence-corrected chi connectivity index (χ2v) is 6.67. The van der Waals surface area contributed by atoms with Crippen molar-refractivity contribution in [3.8, 4) is 5.75 Å². The summed E-state index contributed by atoms with van der Waals surface area (Å²) in [6, 6.07) is 12.1. The van der Waals surface area contributed by atoms with E-state index in [9.17, 15) is 4.79 Å². The Morgan fingerprint density at radius 1 is 1.16 bits per heavy atom. The van der Waals surface area contributed by atoms with Crippen LogP contribution in [0, 0.1) is 5.92 Å². The smallest absolute Gasteiger partial charge is 0.229 e. The van der Waals surface area contributed by atoms with Gasteiger partial charge in [-0.25, -0.2) is 0 Å². The number of nitrogens with one attached hydrogen (secondary N) is 1. The topological polar surface area (TPSA) is 67.3 Å². The van der Waals surface area contributed by atoms with E-state index in [1.165, 1.54) is 0 Å². The maximum atomic E-state index is 12.8. The number of ether oxygens (including phenoxy) is 1. The number of anilines is 1. The minimum absolute atomic E-state index is 0.0700. The molecule has 2 aliphatic rings. The molecule has 1 N–H and O–H groups in total. The van der Waals surface area contributed by atoms with Crippen molar-refractivity contribution in [3.63, 3.8) is 0 Å². The molecule has 2 aromatic rings. The first-order valence-corrected chi connectivity index (χ1v) is 8.83. The third kappa shape index (κ3) is 3.57. The molecule has 1 aromatic heterocycles. The Morgan fingerprint density at radius 2 is 2.00 bits per heavy atom. The Morgan fingerprint density at radius 3 is 2.80 bits per heavy atom. The van der Waals surface area contributed by atoms with Crippen LogP contribution in [0.2, 0.25) is 0 Å². The second kappa shape index (κ2) is 7.09. The number of piperidine rings is 1. The summed E-state index contributed by atoms with van der Waals surface area (Å²) in [6.07, 6.45) is 4.28. The maximum absolute atomic E-state index is 12.8. The average Bonchev–Trinajstić information content (AvgIpc) is 2.68. The van der Waals surface area contributed by atoms with Gasteiger partial charge in [0.25, 0.3) is 0 Å². The van der Waals surface area contributed by atoms with Crippen molar-refractivity contribution in [1.82, 2.24) is 15.1 Å². The SMILES string of the molecule is O=C([C@@H]1COc2ccccc2C1)N1CCC(Nc2cccnn2)CC1. The molecule has 2 aliphatic heterocycles. The molecule has 0 unspecified atom stereocenters. The van der Waals surface area contributed by atoms with Gasteiger partial charge in [0.2, 0.25) is 5.91 Å². The minimum Gasteiger partial charge on any atom is -0.492 e. The molecule has 1 amide bonds. The van der Waals surface area contributed by atoms with Crippen LogP contribution in [0.25, 0.3) is 0 Å². The highest BCUT2D eigenvalue weighted by molar-refractivity contribution is 5.80. The molecule has 6 nitrogen and oxygen atoms in total. The lowest BCUT2D eigenvalue weighted by Crippen LogP contribution is -2.47. The zero-order valence-electron chi connectivity index (χ0n) is 14.1. The van der Waals surface area contributed by atoms with E-state index >= 15 is 0 Å². The summed E-state index contributed by atoms with van der Waals surface area (Å²) in [4.78, 5) is 14.8. The largest absolute Gasteiger partial charge is 0.492 e. The fourth-order valence-corrected chi connectivity index (χ4v) is 3.58. The lowest BCUT2D eigenvalue weighted by Gasteiger charge is -2.35. The van der Waals surface area contributed by atoms with Gasteiger partial charge < -0.3 is 15.0 Å². The van der Waals surface area contributed by atoms with E-state index in [2.05, 4.69) is 15.5 Å². The molecule has 1 saturated heterocycles. The molecule has 0 spiro atoms. The van der Waals surface area contributed by atoms with Crippen LogP contribution in [-0.4, -0.2) is 46.7 Å². The molecule has 4 rings (SSSR count). The number of rotatable bonds is 3.